The van der Waals surface area contributed by atoms with Crippen LogP contribution in [0, 0.1) is 0 Å². The van der Waals surface area contributed by atoms with Crippen LogP contribution in [0.25, 0.3) is 6.08 Å². The summed E-state index contributed by atoms with van der Waals surface area (Å²) in [6.07, 6.45) is 2.00. The summed E-state index contributed by atoms with van der Waals surface area (Å²) < 4.78 is 6.38. The van der Waals surface area contributed by atoms with Gasteiger partial charge in [0.1, 0.15) is 0 Å². The van der Waals surface area contributed by atoms with E-state index in [4.69, 9.17) is 4.74 Å². The summed E-state index contributed by atoms with van der Waals surface area (Å²) in [7, 11) is 0. The first kappa shape index (κ1) is 20.0. The molecule has 1 aliphatic rings. The minimum Gasteiger partial charge on any atom is -0.379 e. The Bertz CT molecular complexity index is 708. The molecule has 0 aliphatic carbocycles. The summed E-state index contributed by atoms with van der Waals surface area (Å²) in [6, 6.07) is 17.5. The number of carbonyl (C=O) groups excluding carboxylic acids is 1. The van der Waals surface area contributed by atoms with Gasteiger partial charge in [-0.25, -0.2) is 0 Å². The van der Waals surface area contributed by atoms with E-state index in [0.29, 0.717) is 12.1 Å². The van der Waals surface area contributed by atoms with E-state index in [0.717, 1.165) is 41.9 Å². The van der Waals surface area contributed by atoms with Crippen LogP contribution in [0.2, 0.25) is 0 Å². The van der Waals surface area contributed by atoms with Crippen molar-refractivity contribution >= 4 is 44.8 Å². The second-order valence-electron chi connectivity index (χ2n) is 5.80. The number of carbonyl (C=O) groups is 1. The average Bonchev–Trinajstić information content (AvgIpc) is 2.63. The van der Waals surface area contributed by atoms with Gasteiger partial charge >= 0.3 is 0 Å². The van der Waals surface area contributed by atoms with E-state index in [9.17, 15) is 4.79 Å². The number of hydrogen-bond donors (Lipinski definition) is 0. The van der Waals surface area contributed by atoms with E-state index in [1.807, 2.05) is 60.7 Å². The molecule has 0 N–H and O–H groups in total. The Labute approximate surface area is 167 Å². The smallest absolute Gasteiger partial charge is 0.190 e. The molecule has 0 amide bonds. The molecule has 1 saturated heterocycles. The number of rotatable bonds is 5. The molecular weight excluding hydrogens is 446 g/mol. The van der Waals surface area contributed by atoms with Crippen LogP contribution in [-0.2, 0) is 4.74 Å². The van der Waals surface area contributed by atoms with Gasteiger partial charge in [-0.3, -0.25) is 9.69 Å². The molecule has 0 bridgehead atoms. The molecule has 2 aromatic carbocycles. The number of Topliss-reactive ketones (excluding diaryl/α,β-unsaturated/α-hetero) is 1. The maximum Gasteiger partial charge on any atom is 0.190 e. The van der Waals surface area contributed by atoms with E-state index in [-0.39, 0.29) is 22.8 Å². The van der Waals surface area contributed by atoms with Gasteiger partial charge in [0, 0.05) is 35.2 Å². The SMILES string of the molecule is Br.O=C(/C(=C\c1ccccc1)CN1CCOCC1)c1ccc(Br)cc1. The van der Waals surface area contributed by atoms with Gasteiger partial charge in [0.15, 0.2) is 5.78 Å². The van der Waals surface area contributed by atoms with Gasteiger partial charge in [0.2, 0.25) is 0 Å². The van der Waals surface area contributed by atoms with Gasteiger partial charge < -0.3 is 4.74 Å². The predicted octanol–water partition coefficient (Wildman–Crippen LogP) is 4.63. The standard InChI is InChI=1S/C20H20BrNO2.BrH/c21-19-8-6-17(7-9-19)20(23)18(14-16-4-2-1-3-5-16)15-22-10-12-24-13-11-22;/h1-9,14H,10-13,15H2;1H/b18-14-;. The number of nitrogens with zero attached hydrogens (tertiary/aromatic N) is 1. The molecule has 0 aromatic heterocycles. The minimum absolute atomic E-state index is 0. The van der Waals surface area contributed by atoms with Gasteiger partial charge in [-0.15, -0.1) is 17.0 Å². The maximum atomic E-state index is 13.0. The third-order valence-corrected chi connectivity index (χ3v) is 4.56. The Morgan fingerprint density at radius 3 is 2.32 bits per heavy atom. The molecule has 1 heterocycles. The molecule has 25 heavy (non-hydrogen) atoms. The second-order valence-corrected chi connectivity index (χ2v) is 6.72. The van der Waals surface area contributed by atoms with Gasteiger partial charge in [0.25, 0.3) is 0 Å². The molecular formula is C20H21Br2NO2. The molecule has 3 nitrogen and oxygen atoms in total. The Kier molecular flexibility index (Phi) is 8.03. The van der Waals surface area contributed by atoms with Crippen LogP contribution in [0.5, 0.6) is 0 Å². The van der Waals surface area contributed by atoms with Crippen molar-refractivity contribution in [3.63, 3.8) is 0 Å². The first-order valence-corrected chi connectivity index (χ1v) is 8.88. The van der Waals surface area contributed by atoms with Crippen LogP contribution in [0.4, 0.5) is 0 Å². The van der Waals surface area contributed by atoms with Crippen LogP contribution in [0.15, 0.2) is 64.6 Å². The fourth-order valence-corrected chi connectivity index (χ4v) is 2.98. The van der Waals surface area contributed by atoms with Crippen molar-refractivity contribution in [2.45, 2.75) is 0 Å². The molecule has 5 heteroatoms. The monoisotopic (exact) mass is 465 g/mol. The van der Waals surface area contributed by atoms with Gasteiger partial charge in [0.05, 0.1) is 13.2 Å². The van der Waals surface area contributed by atoms with Crippen molar-refractivity contribution < 1.29 is 9.53 Å². The molecule has 1 aliphatic heterocycles. The Balaban J connectivity index is 0.00000225. The quantitative estimate of drug-likeness (QED) is 0.475. The highest BCUT2D eigenvalue weighted by Crippen LogP contribution is 2.17. The Morgan fingerprint density at radius 2 is 1.68 bits per heavy atom. The minimum atomic E-state index is 0. The second kappa shape index (κ2) is 10.0. The predicted molar refractivity (Wildman–Crippen MR) is 110 cm³/mol. The lowest BCUT2D eigenvalue weighted by atomic mass is 10.0. The van der Waals surface area contributed by atoms with E-state index in [1.165, 1.54) is 0 Å². The van der Waals surface area contributed by atoms with Crippen LogP contribution >= 0.6 is 32.9 Å². The molecule has 1 fully saturated rings. The van der Waals surface area contributed by atoms with Crippen molar-refractivity contribution in [3.8, 4) is 0 Å². The largest absolute Gasteiger partial charge is 0.379 e. The Morgan fingerprint density at radius 1 is 1.04 bits per heavy atom. The number of hydrogen-bond acceptors (Lipinski definition) is 3. The fourth-order valence-electron chi connectivity index (χ4n) is 2.72. The summed E-state index contributed by atoms with van der Waals surface area (Å²) in [5.41, 5.74) is 2.57. The Hall–Kier alpha value is -1.27. The lowest BCUT2D eigenvalue weighted by molar-refractivity contribution is 0.0419. The fraction of sp³-hybridized carbons (Fsp3) is 0.250. The molecule has 2 aromatic rings. The molecule has 0 radical (unpaired) electrons. The number of morpholine rings is 1. The molecule has 0 atom stereocenters. The molecule has 3 rings (SSSR count). The van der Waals surface area contributed by atoms with Crippen LogP contribution in [-0.4, -0.2) is 43.5 Å². The van der Waals surface area contributed by atoms with E-state index < -0.39 is 0 Å². The highest BCUT2D eigenvalue weighted by molar-refractivity contribution is 9.10. The zero-order valence-corrected chi connectivity index (χ0v) is 17.2. The summed E-state index contributed by atoms with van der Waals surface area (Å²) in [5.74, 6) is 0.0813. The van der Waals surface area contributed by atoms with Crippen LogP contribution in [0.3, 0.4) is 0 Å². The van der Waals surface area contributed by atoms with Crippen LogP contribution in [0.1, 0.15) is 15.9 Å². The van der Waals surface area contributed by atoms with E-state index in [2.05, 4.69) is 20.8 Å². The van der Waals surface area contributed by atoms with Gasteiger partial charge in [-0.1, -0.05) is 46.3 Å². The lowest BCUT2D eigenvalue weighted by Crippen LogP contribution is -2.38. The van der Waals surface area contributed by atoms with Gasteiger partial charge in [-0.05, 0) is 35.9 Å². The molecule has 132 valence electrons. The number of halogens is 2. The van der Waals surface area contributed by atoms with Crippen molar-refractivity contribution in [2.24, 2.45) is 0 Å². The first-order chi connectivity index (χ1) is 11.7. The van der Waals surface area contributed by atoms with E-state index in [1.54, 1.807) is 0 Å². The van der Waals surface area contributed by atoms with Gasteiger partial charge in [-0.2, -0.15) is 0 Å². The van der Waals surface area contributed by atoms with Crippen molar-refractivity contribution in [1.82, 2.24) is 4.90 Å². The first-order valence-electron chi connectivity index (χ1n) is 8.08. The third kappa shape index (κ3) is 5.89. The third-order valence-electron chi connectivity index (χ3n) is 4.04. The molecule has 0 spiro atoms. The number of ketones is 1. The normalized spacial score (nSPS) is 15.5. The summed E-state index contributed by atoms with van der Waals surface area (Å²) >= 11 is 3.42. The summed E-state index contributed by atoms with van der Waals surface area (Å²) in [5, 5.41) is 0. The zero-order chi connectivity index (χ0) is 16.8. The van der Waals surface area contributed by atoms with Crippen molar-refractivity contribution in [3.05, 3.63) is 75.8 Å². The highest BCUT2D eigenvalue weighted by atomic mass is 79.9. The highest BCUT2D eigenvalue weighted by Gasteiger charge is 2.18. The topological polar surface area (TPSA) is 29.5 Å². The van der Waals surface area contributed by atoms with Crippen molar-refractivity contribution in [1.29, 1.82) is 0 Å². The van der Waals surface area contributed by atoms with Crippen molar-refractivity contribution in [2.75, 3.05) is 32.8 Å². The lowest BCUT2D eigenvalue weighted by Gasteiger charge is -2.27. The zero-order valence-electron chi connectivity index (χ0n) is 13.9. The molecule has 0 unspecified atom stereocenters. The summed E-state index contributed by atoms with van der Waals surface area (Å²) in [4.78, 5) is 15.3. The molecule has 0 saturated carbocycles. The maximum absolute atomic E-state index is 13.0. The number of ether oxygens (including phenoxy) is 1. The average molecular weight is 467 g/mol. The summed E-state index contributed by atoms with van der Waals surface area (Å²) in [6.45, 7) is 3.82. The van der Waals surface area contributed by atoms with Crippen LogP contribution < -0.4 is 0 Å². The number of benzene rings is 2. The van der Waals surface area contributed by atoms with E-state index >= 15 is 0 Å².